The molecule has 20 heavy (non-hydrogen) atoms. The van der Waals surface area contributed by atoms with Crippen molar-refractivity contribution in [3.63, 3.8) is 0 Å². The molecule has 1 saturated carbocycles. The summed E-state index contributed by atoms with van der Waals surface area (Å²) < 4.78 is 15.6. The van der Waals surface area contributed by atoms with Crippen molar-refractivity contribution in [1.29, 1.82) is 0 Å². The summed E-state index contributed by atoms with van der Waals surface area (Å²) >= 11 is 0. The van der Waals surface area contributed by atoms with Crippen molar-refractivity contribution in [3.8, 4) is 0 Å². The molecule has 114 valence electrons. The van der Waals surface area contributed by atoms with E-state index >= 15 is 0 Å². The molecule has 2 rings (SSSR count). The van der Waals surface area contributed by atoms with Crippen molar-refractivity contribution in [3.05, 3.63) is 0 Å². The Labute approximate surface area is 120 Å². The molecule has 0 N–H and O–H groups in total. The second-order valence-electron chi connectivity index (χ2n) is 5.77. The maximum absolute atomic E-state index is 12.0. The van der Waals surface area contributed by atoms with E-state index in [4.69, 9.17) is 14.2 Å². The number of fused-ring (bicyclic) bond motifs is 1. The molecular weight excluding hydrogens is 260 g/mol. The predicted octanol–water partition coefficient (Wildman–Crippen LogP) is 3.06. The van der Waals surface area contributed by atoms with Gasteiger partial charge in [0.25, 0.3) is 0 Å². The van der Waals surface area contributed by atoms with E-state index in [1.54, 1.807) is 0 Å². The molecular formula is C15H24O5. The van der Waals surface area contributed by atoms with Gasteiger partial charge in [-0.1, -0.05) is 20.3 Å². The van der Waals surface area contributed by atoms with Gasteiger partial charge in [0.1, 0.15) is 12.2 Å². The third kappa shape index (κ3) is 3.64. The zero-order valence-corrected chi connectivity index (χ0v) is 12.3. The Kier molecular flexibility index (Phi) is 5.26. The lowest BCUT2D eigenvalue weighted by molar-refractivity contribution is -0.151. The lowest BCUT2D eigenvalue weighted by Crippen LogP contribution is -2.33. The summed E-state index contributed by atoms with van der Waals surface area (Å²) in [5, 5.41) is 0. The summed E-state index contributed by atoms with van der Waals surface area (Å²) in [6, 6.07) is 0. The second-order valence-corrected chi connectivity index (χ2v) is 5.77. The minimum absolute atomic E-state index is 0.0176. The molecule has 0 aromatic heterocycles. The average Bonchev–Trinajstić information content (AvgIpc) is 2.81. The van der Waals surface area contributed by atoms with E-state index in [2.05, 4.69) is 6.92 Å². The minimum atomic E-state index is -0.563. The van der Waals surface area contributed by atoms with Gasteiger partial charge in [0.15, 0.2) is 0 Å². The van der Waals surface area contributed by atoms with Crippen molar-refractivity contribution in [2.45, 2.75) is 64.6 Å². The highest BCUT2D eigenvalue weighted by Crippen LogP contribution is 2.33. The molecule has 1 aliphatic heterocycles. The maximum Gasteiger partial charge on any atom is 0.509 e. The van der Waals surface area contributed by atoms with E-state index in [-0.39, 0.29) is 30.0 Å². The fraction of sp³-hybridized carbons (Fsp3) is 0.867. The molecule has 1 aliphatic carbocycles. The molecule has 4 unspecified atom stereocenters. The molecule has 5 nitrogen and oxygen atoms in total. The highest BCUT2D eigenvalue weighted by Gasteiger charge is 2.41. The predicted molar refractivity (Wildman–Crippen MR) is 72.1 cm³/mol. The SMILES string of the molecule is CCCC(CC)C(=O)OCC1CCC2OC(=O)OC2C1. The van der Waals surface area contributed by atoms with Crippen LogP contribution in [0, 0.1) is 11.8 Å². The highest BCUT2D eigenvalue weighted by atomic mass is 16.8. The molecule has 0 aromatic carbocycles. The first kappa shape index (κ1) is 15.1. The van der Waals surface area contributed by atoms with Crippen LogP contribution >= 0.6 is 0 Å². The Morgan fingerprint density at radius 1 is 1.30 bits per heavy atom. The van der Waals surface area contributed by atoms with Crippen molar-refractivity contribution in [2.75, 3.05) is 6.61 Å². The number of carbonyl (C=O) groups is 2. The molecule has 5 heteroatoms. The van der Waals surface area contributed by atoms with E-state index < -0.39 is 6.16 Å². The van der Waals surface area contributed by atoms with E-state index in [9.17, 15) is 9.59 Å². The van der Waals surface area contributed by atoms with Crippen LogP contribution in [-0.4, -0.2) is 30.9 Å². The molecule has 0 bridgehead atoms. The molecule has 0 radical (unpaired) electrons. The molecule has 0 amide bonds. The molecule has 2 fully saturated rings. The van der Waals surface area contributed by atoms with Crippen molar-refractivity contribution < 1.29 is 23.8 Å². The Bertz CT molecular complexity index is 354. The average molecular weight is 284 g/mol. The number of hydrogen-bond acceptors (Lipinski definition) is 5. The van der Waals surface area contributed by atoms with Gasteiger partial charge in [0, 0.05) is 0 Å². The lowest BCUT2D eigenvalue weighted by atomic mass is 9.86. The second kappa shape index (κ2) is 6.95. The molecule has 1 saturated heterocycles. The Morgan fingerprint density at radius 3 is 2.75 bits per heavy atom. The van der Waals surface area contributed by atoms with Gasteiger partial charge in [-0.05, 0) is 38.0 Å². The van der Waals surface area contributed by atoms with Crippen molar-refractivity contribution in [2.24, 2.45) is 11.8 Å². The number of carbonyl (C=O) groups excluding carboxylic acids is 2. The zero-order valence-electron chi connectivity index (χ0n) is 12.3. The fourth-order valence-electron chi connectivity index (χ4n) is 3.02. The number of ether oxygens (including phenoxy) is 3. The minimum Gasteiger partial charge on any atom is -0.465 e. The van der Waals surface area contributed by atoms with Crippen molar-refractivity contribution >= 4 is 12.1 Å². The summed E-state index contributed by atoms with van der Waals surface area (Å²) in [6.07, 6.45) is 4.33. The van der Waals surface area contributed by atoms with E-state index in [0.29, 0.717) is 6.61 Å². The molecule has 2 aliphatic rings. The molecule has 0 spiro atoms. The third-order valence-corrected chi connectivity index (χ3v) is 4.26. The first-order valence-electron chi connectivity index (χ1n) is 7.67. The van der Waals surface area contributed by atoms with Crippen LogP contribution in [0.3, 0.4) is 0 Å². The Balaban J connectivity index is 1.74. The Morgan fingerprint density at radius 2 is 2.05 bits per heavy atom. The highest BCUT2D eigenvalue weighted by molar-refractivity contribution is 5.72. The van der Waals surface area contributed by atoms with Gasteiger partial charge in [-0.2, -0.15) is 0 Å². The maximum atomic E-state index is 12.0. The van der Waals surface area contributed by atoms with Gasteiger partial charge in [0.2, 0.25) is 0 Å². The summed E-state index contributed by atoms with van der Waals surface area (Å²) in [7, 11) is 0. The quantitative estimate of drug-likeness (QED) is 0.701. The van der Waals surface area contributed by atoms with Gasteiger partial charge < -0.3 is 14.2 Å². The van der Waals surface area contributed by atoms with Gasteiger partial charge in [0.05, 0.1) is 12.5 Å². The van der Waals surface area contributed by atoms with Crippen LogP contribution in [0.4, 0.5) is 4.79 Å². The topological polar surface area (TPSA) is 61.8 Å². The summed E-state index contributed by atoms with van der Waals surface area (Å²) in [5.74, 6) is 0.203. The first-order chi connectivity index (χ1) is 9.63. The van der Waals surface area contributed by atoms with Crippen LogP contribution in [-0.2, 0) is 19.0 Å². The monoisotopic (exact) mass is 284 g/mol. The van der Waals surface area contributed by atoms with Gasteiger partial charge >= 0.3 is 12.1 Å². The number of hydrogen-bond donors (Lipinski definition) is 0. The summed E-state index contributed by atoms with van der Waals surface area (Å²) in [5.41, 5.74) is 0. The largest absolute Gasteiger partial charge is 0.509 e. The number of rotatable bonds is 6. The van der Waals surface area contributed by atoms with Crippen LogP contribution in [0.2, 0.25) is 0 Å². The smallest absolute Gasteiger partial charge is 0.465 e. The van der Waals surface area contributed by atoms with E-state index in [1.165, 1.54) is 0 Å². The first-order valence-corrected chi connectivity index (χ1v) is 7.67. The fourth-order valence-corrected chi connectivity index (χ4v) is 3.02. The van der Waals surface area contributed by atoms with Gasteiger partial charge in [-0.25, -0.2) is 4.79 Å². The van der Waals surface area contributed by atoms with Crippen LogP contribution < -0.4 is 0 Å². The Hall–Kier alpha value is -1.26. The standard InChI is InChI=1S/C15H24O5/c1-3-5-11(4-2)14(16)18-9-10-6-7-12-13(8-10)20-15(17)19-12/h10-13H,3-9H2,1-2H3. The van der Waals surface area contributed by atoms with E-state index in [1.807, 2.05) is 6.92 Å². The normalized spacial score (nSPS) is 30.1. The lowest BCUT2D eigenvalue weighted by Gasteiger charge is -2.28. The van der Waals surface area contributed by atoms with Crippen molar-refractivity contribution in [1.82, 2.24) is 0 Å². The molecule has 4 atom stereocenters. The summed E-state index contributed by atoms with van der Waals surface area (Å²) in [4.78, 5) is 23.0. The molecule has 1 heterocycles. The van der Waals surface area contributed by atoms with Crippen LogP contribution in [0.1, 0.15) is 52.4 Å². The van der Waals surface area contributed by atoms with Gasteiger partial charge in [-0.15, -0.1) is 0 Å². The van der Waals surface area contributed by atoms with Crippen LogP contribution in [0.5, 0.6) is 0 Å². The number of esters is 1. The van der Waals surface area contributed by atoms with Crippen LogP contribution in [0.15, 0.2) is 0 Å². The van der Waals surface area contributed by atoms with Gasteiger partial charge in [-0.3, -0.25) is 4.79 Å². The zero-order chi connectivity index (χ0) is 14.5. The summed E-state index contributed by atoms with van der Waals surface area (Å²) in [6.45, 7) is 4.52. The van der Waals surface area contributed by atoms with Crippen LogP contribution in [0.25, 0.3) is 0 Å². The third-order valence-electron chi connectivity index (χ3n) is 4.26. The molecule has 0 aromatic rings. The van der Waals surface area contributed by atoms with E-state index in [0.717, 1.165) is 38.5 Å².